The topological polar surface area (TPSA) is 37.4 Å². The summed E-state index contributed by atoms with van der Waals surface area (Å²) in [5, 5.41) is 0. The van der Waals surface area contributed by atoms with E-state index in [2.05, 4.69) is 0 Å². The smallest absolute Gasteiger partial charge is 0.244 e. The Balaban J connectivity index is 2.81. The summed E-state index contributed by atoms with van der Waals surface area (Å²) < 4.78 is 24.6. The molecule has 0 atom stereocenters. The molecule has 0 fully saturated rings. The third kappa shape index (κ3) is 0.892. The molecule has 0 unspecified atom stereocenters. The number of rotatable bonds is 0. The van der Waals surface area contributed by atoms with Crippen LogP contribution in [0.1, 0.15) is 19.4 Å². The van der Waals surface area contributed by atoms with Gasteiger partial charge >= 0.3 is 0 Å². The second kappa shape index (κ2) is 2.51. The number of benzene rings is 1. The van der Waals surface area contributed by atoms with Crippen LogP contribution < -0.4 is 4.31 Å². The number of fused-ring (bicyclic) bond motifs is 1. The third-order valence-corrected chi connectivity index (χ3v) is 5.32. The molecule has 3 nitrogen and oxygen atoms in total. The van der Waals surface area contributed by atoms with Crippen LogP contribution in [-0.2, 0) is 14.8 Å². The van der Waals surface area contributed by atoms with Gasteiger partial charge in [-0.15, -0.1) is 0 Å². The van der Waals surface area contributed by atoms with E-state index in [1.54, 1.807) is 20.9 Å². The molecule has 4 heteroatoms. The number of hydrogen-bond acceptors (Lipinski definition) is 2. The van der Waals surface area contributed by atoms with E-state index in [1.165, 1.54) is 4.31 Å². The van der Waals surface area contributed by atoms with Crippen LogP contribution >= 0.6 is 0 Å². The lowest BCUT2D eigenvalue weighted by Crippen LogP contribution is -2.33. The number of anilines is 1. The van der Waals surface area contributed by atoms with Crippen LogP contribution in [0.15, 0.2) is 24.3 Å². The lowest BCUT2D eigenvalue weighted by molar-refractivity contribution is 0.562. The zero-order valence-electron chi connectivity index (χ0n) is 8.48. The fourth-order valence-corrected chi connectivity index (χ4v) is 3.42. The first-order valence-corrected chi connectivity index (χ1v) is 5.91. The molecule has 0 bridgehead atoms. The first-order valence-electron chi connectivity index (χ1n) is 4.47. The van der Waals surface area contributed by atoms with Gasteiger partial charge in [0, 0.05) is 7.05 Å². The van der Waals surface area contributed by atoms with Crippen molar-refractivity contribution < 1.29 is 8.42 Å². The van der Waals surface area contributed by atoms with Crippen LogP contribution in [0.25, 0.3) is 0 Å². The van der Waals surface area contributed by atoms with E-state index in [9.17, 15) is 8.42 Å². The van der Waals surface area contributed by atoms with Crippen LogP contribution in [0.5, 0.6) is 0 Å². The number of para-hydroxylation sites is 1. The number of hydrogen-bond donors (Lipinski definition) is 0. The van der Waals surface area contributed by atoms with Gasteiger partial charge in [-0.2, -0.15) is 0 Å². The lowest BCUT2D eigenvalue weighted by Gasteiger charge is -2.19. The van der Waals surface area contributed by atoms with Crippen LogP contribution in [0.2, 0.25) is 0 Å². The standard InChI is InChI=1S/C10H13NO2S/c1-10(2)8-6-4-5-7-9(8)11(3)14(10,12)13/h4-7H,1-3H3. The average molecular weight is 211 g/mol. The Labute approximate surface area is 84.4 Å². The van der Waals surface area contributed by atoms with Crippen molar-refractivity contribution in [3.8, 4) is 0 Å². The molecular weight excluding hydrogens is 198 g/mol. The molecule has 0 aliphatic carbocycles. The van der Waals surface area contributed by atoms with Gasteiger partial charge in [-0.1, -0.05) is 18.2 Å². The van der Waals surface area contributed by atoms with Gasteiger partial charge in [0.2, 0.25) is 10.0 Å². The van der Waals surface area contributed by atoms with E-state index in [1.807, 2.05) is 24.3 Å². The Bertz CT molecular complexity index is 477. The Kier molecular flexibility index (Phi) is 1.71. The molecule has 1 heterocycles. The highest BCUT2D eigenvalue weighted by molar-refractivity contribution is 7.94. The van der Waals surface area contributed by atoms with Gasteiger partial charge in [-0.3, -0.25) is 4.31 Å². The molecular formula is C10H13NO2S. The van der Waals surface area contributed by atoms with E-state index in [0.717, 1.165) is 11.3 Å². The van der Waals surface area contributed by atoms with Crippen LogP contribution in [0.3, 0.4) is 0 Å². The van der Waals surface area contributed by atoms with Crippen LogP contribution in [0.4, 0.5) is 5.69 Å². The van der Waals surface area contributed by atoms with Gasteiger partial charge in [-0.05, 0) is 25.5 Å². The normalized spacial score (nSPS) is 22.1. The predicted octanol–water partition coefficient (Wildman–Crippen LogP) is 1.70. The first-order chi connectivity index (χ1) is 6.39. The first kappa shape index (κ1) is 9.52. The summed E-state index contributed by atoms with van der Waals surface area (Å²) in [7, 11) is -1.63. The Morgan fingerprint density at radius 3 is 2.36 bits per heavy atom. The Hall–Kier alpha value is -1.03. The summed E-state index contributed by atoms with van der Waals surface area (Å²) in [5.74, 6) is 0. The van der Waals surface area contributed by atoms with Gasteiger partial charge in [0.25, 0.3) is 0 Å². The molecule has 0 saturated carbocycles. The van der Waals surface area contributed by atoms with Crippen molar-refractivity contribution in [2.75, 3.05) is 11.4 Å². The van der Waals surface area contributed by atoms with Crippen molar-refractivity contribution >= 4 is 15.7 Å². The minimum Gasteiger partial charge on any atom is -0.272 e. The highest BCUT2D eigenvalue weighted by Crippen LogP contribution is 2.45. The molecule has 0 N–H and O–H groups in total. The van der Waals surface area contributed by atoms with Gasteiger partial charge in [0.1, 0.15) is 4.75 Å². The second-order valence-electron chi connectivity index (χ2n) is 4.00. The summed E-state index contributed by atoms with van der Waals surface area (Å²) in [6.45, 7) is 3.48. The van der Waals surface area contributed by atoms with E-state index in [0.29, 0.717) is 0 Å². The van der Waals surface area contributed by atoms with E-state index < -0.39 is 14.8 Å². The molecule has 1 aromatic rings. The van der Waals surface area contributed by atoms with E-state index in [4.69, 9.17) is 0 Å². The van der Waals surface area contributed by atoms with Crippen molar-refractivity contribution in [2.45, 2.75) is 18.6 Å². The number of nitrogens with zero attached hydrogens (tertiary/aromatic N) is 1. The lowest BCUT2D eigenvalue weighted by atomic mass is 10.0. The molecule has 76 valence electrons. The fourth-order valence-electron chi connectivity index (χ4n) is 1.87. The van der Waals surface area contributed by atoms with Crippen molar-refractivity contribution in [2.24, 2.45) is 0 Å². The highest BCUT2D eigenvalue weighted by atomic mass is 32.2. The molecule has 0 aromatic heterocycles. The molecule has 2 rings (SSSR count). The summed E-state index contributed by atoms with van der Waals surface area (Å²) in [4.78, 5) is 0. The van der Waals surface area contributed by atoms with Crippen LogP contribution in [0, 0.1) is 0 Å². The molecule has 0 saturated heterocycles. The monoisotopic (exact) mass is 211 g/mol. The third-order valence-electron chi connectivity index (χ3n) is 2.90. The molecule has 1 aliphatic heterocycles. The predicted molar refractivity (Wildman–Crippen MR) is 56.8 cm³/mol. The quantitative estimate of drug-likeness (QED) is 0.655. The molecule has 0 spiro atoms. The maximum Gasteiger partial charge on any atom is 0.244 e. The average Bonchev–Trinajstić information content (AvgIpc) is 2.27. The Morgan fingerprint density at radius 1 is 1.21 bits per heavy atom. The maximum absolute atomic E-state index is 12.0. The summed E-state index contributed by atoms with van der Waals surface area (Å²) in [6, 6.07) is 7.43. The molecule has 14 heavy (non-hydrogen) atoms. The molecule has 0 radical (unpaired) electrons. The highest BCUT2D eigenvalue weighted by Gasteiger charge is 2.47. The molecule has 1 aromatic carbocycles. The fraction of sp³-hybridized carbons (Fsp3) is 0.400. The number of sulfonamides is 1. The maximum atomic E-state index is 12.0. The summed E-state index contributed by atoms with van der Waals surface area (Å²) >= 11 is 0. The largest absolute Gasteiger partial charge is 0.272 e. The van der Waals surface area contributed by atoms with Gasteiger partial charge in [0.15, 0.2) is 0 Å². The minimum absolute atomic E-state index is 0.789. The van der Waals surface area contributed by atoms with Gasteiger partial charge < -0.3 is 0 Å². The van der Waals surface area contributed by atoms with Crippen molar-refractivity contribution in [3.63, 3.8) is 0 Å². The zero-order valence-corrected chi connectivity index (χ0v) is 9.30. The van der Waals surface area contributed by atoms with E-state index in [-0.39, 0.29) is 0 Å². The Morgan fingerprint density at radius 2 is 1.79 bits per heavy atom. The minimum atomic E-state index is -3.23. The summed E-state index contributed by atoms with van der Waals surface area (Å²) in [6.07, 6.45) is 0. The van der Waals surface area contributed by atoms with Crippen LogP contribution in [-0.4, -0.2) is 15.5 Å². The van der Waals surface area contributed by atoms with Crippen molar-refractivity contribution in [1.82, 2.24) is 0 Å². The summed E-state index contributed by atoms with van der Waals surface area (Å²) in [5.41, 5.74) is 1.67. The second-order valence-corrected chi connectivity index (χ2v) is 6.52. The zero-order chi connectivity index (χ0) is 10.6. The molecule has 1 aliphatic rings. The van der Waals surface area contributed by atoms with Crippen molar-refractivity contribution in [3.05, 3.63) is 29.8 Å². The van der Waals surface area contributed by atoms with E-state index >= 15 is 0 Å². The van der Waals surface area contributed by atoms with Gasteiger partial charge in [-0.25, -0.2) is 8.42 Å². The molecule has 0 amide bonds. The van der Waals surface area contributed by atoms with Crippen molar-refractivity contribution in [1.29, 1.82) is 0 Å². The van der Waals surface area contributed by atoms with Gasteiger partial charge in [0.05, 0.1) is 5.69 Å². The SMILES string of the molecule is CN1c2ccccc2C(C)(C)S1(=O)=O.